The third-order valence-electron chi connectivity index (χ3n) is 4.15. The predicted molar refractivity (Wildman–Crippen MR) is 81.1 cm³/mol. The van der Waals surface area contributed by atoms with Gasteiger partial charge in [0, 0.05) is 6.42 Å². The maximum Gasteiger partial charge on any atom is 0.337 e. The van der Waals surface area contributed by atoms with Gasteiger partial charge in [0.05, 0.1) is 24.4 Å². The maximum absolute atomic E-state index is 12.5. The molecule has 0 N–H and O–H groups in total. The summed E-state index contributed by atoms with van der Waals surface area (Å²) in [5.41, 5.74) is -0.590. The van der Waals surface area contributed by atoms with Gasteiger partial charge in [-0.2, -0.15) is 0 Å². The topological polar surface area (TPSA) is 61.8 Å². The Balaban J connectivity index is 2.62. The van der Waals surface area contributed by atoms with Gasteiger partial charge in [-0.1, -0.05) is 6.08 Å². The van der Waals surface area contributed by atoms with E-state index in [1.54, 1.807) is 26.8 Å². The second-order valence-electron chi connectivity index (χ2n) is 5.54. The molecule has 0 fully saturated rings. The van der Waals surface area contributed by atoms with Crippen molar-refractivity contribution in [3.05, 3.63) is 35.5 Å². The molecular formula is C17H22O5. The number of hydrogen-bond acceptors (Lipinski definition) is 5. The van der Waals surface area contributed by atoms with Crippen molar-refractivity contribution in [1.82, 2.24) is 0 Å². The lowest BCUT2D eigenvalue weighted by Crippen LogP contribution is -2.33. The molecule has 0 saturated heterocycles. The first-order chi connectivity index (χ1) is 10.4. The third-order valence-corrected chi connectivity index (χ3v) is 4.15. The summed E-state index contributed by atoms with van der Waals surface area (Å²) in [6.07, 6.45) is 3.93. The summed E-state index contributed by atoms with van der Waals surface area (Å²) < 4.78 is 16.4. The average Bonchev–Trinajstić information content (AvgIpc) is 2.83. The highest BCUT2D eigenvalue weighted by Gasteiger charge is 2.62. The van der Waals surface area contributed by atoms with Gasteiger partial charge in [0.15, 0.2) is 0 Å². The van der Waals surface area contributed by atoms with E-state index in [0.29, 0.717) is 6.42 Å². The summed E-state index contributed by atoms with van der Waals surface area (Å²) in [6, 6.07) is 0. The minimum absolute atomic E-state index is 0.224. The number of rotatable bonds is 6. The number of esters is 2. The molecule has 2 atom stereocenters. The van der Waals surface area contributed by atoms with Crippen molar-refractivity contribution in [2.75, 3.05) is 13.2 Å². The summed E-state index contributed by atoms with van der Waals surface area (Å²) in [6.45, 7) is 11.3. The zero-order valence-corrected chi connectivity index (χ0v) is 13.5. The summed E-state index contributed by atoms with van der Waals surface area (Å²) in [5, 5.41) is 0. The lowest BCUT2D eigenvalue weighted by Gasteiger charge is -2.24. The summed E-state index contributed by atoms with van der Waals surface area (Å²) in [7, 11) is 0. The second kappa shape index (κ2) is 5.72. The van der Waals surface area contributed by atoms with Crippen LogP contribution in [0.25, 0.3) is 0 Å². The Kier molecular flexibility index (Phi) is 4.29. The van der Waals surface area contributed by atoms with Gasteiger partial charge < -0.3 is 14.2 Å². The lowest BCUT2D eigenvalue weighted by molar-refractivity contribution is -0.142. The van der Waals surface area contributed by atoms with Crippen LogP contribution in [0.1, 0.15) is 34.1 Å². The third kappa shape index (κ3) is 2.20. The highest BCUT2D eigenvalue weighted by molar-refractivity contribution is 6.06. The van der Waals surface area contributed by atoms with Gasteiger partial charge in [0.2, 0.25) is 0 Å². The van der Waals surface area contributed by atoms with Crippen LogP contribution < -0.4 is 0 Å². The molecule has 0 aromatic heterocycles. The predicted octanol–water partition coefficient (Wildman–Crippen LogP) is 2.47. The first-order valence-corrected chi connectivity index (χ1v) is 7.46. The van der Waals surface area contributed by atoms with Gasteiger partial charge in [-0.25, -0.2) is 9.59 Å². The number of fused-ring (bicyclic) bond motifs is 2. The van der Waals surface area contributed by atoms with E-state index in [1.807, 2.05) is 13.0 Å². The van der Waals surface area contributed by atoms with Crippen molar-refractivity contribution in [3.8, 4) is 0 Å². The fourth-order valence-electron chi connectivity index (χ4n) is 3.18. The maximum atomic E-state index is 12.5. The van der Waals surface area contributed by atoms with Crippen LogP contribution in [0.3, 0.4) is 0 Å². The van der Waals surface area contributed by atoms with Crippen LogP contribution in [-0.2, 0) is 23.8 Å². The van der Waals surface area contributed by atoms with E-state index in [1.165, 1.54) is 0 Å². The van der Waals surface area contributed by atoms with Crippen LogP contribution in [-0.4, -0.2) is 36.4 Å². The van der Waals surface area contributed by atoms with Crippen LogP contribution in [0.4, 0.5) is 0 Å². The monoisotopic (exact) mass is 306 g/mol. The summed E-state index contributed by atoms with van der Waals surface area (Å²) in [4.78, 5) is 24.9. The Morgan fingerprint density at radius 2 is 1.77 bits per heavy atom. The molecular weight excluding hydrogens is 284 g/mol. The molecule has 2 rings (SSSR count). The van der Waals surface area contributed by atoms with Crippen LogP contribution in [0.2, 0.25) is 0 Å². The van der Waals surface area contributed by atoms with Gasteiger partial charge in [-0.3, -0.25) is 0 Å². The standard InChI is InChI=1S/C17H22O5/c1-6-9-17-10-11(4)16(5,22-17)12(14(18)20-7-2)13(17)15(19)21-8-3/h6,10H,1,7-9H2,2-5H3/t16-,17+/m1/s1. The largest absolute Gasteiger partial charge is 0.463 e. The molecule has 120 valence electrons. The minimum atomic E-state index is -0.991. The summed E-state index contributed by atoms with van der Waals surface area (Å²) >= 11 is 0. The fraction of sp³-hybridized carbons (Fsp3) is 0.529. The number of hydrogen-bond donors (Lipinski definition) is 0. The smallest absolute Gasteiger partial charge is 0.337 e. The molecule has 0 aromatic carbocycles. The van der Waals surface area contributed by atoms with E-state index in [4.69, 9.17) is 14.2 Å². The molecule has 5 nitrogen and oxygen atoms in total. The van der Waals surface area contributed by atoms with E-state index >= 15 is 0 Å². The number of ether oxygens (including phenoxy) is 3. The van der Waals surface area contributed by atoms with Crippen molar-refractivity contribution in [2.45, 2.75) is 45.3 Å². The van der Waals surface area contributed by atoms with Crippen LogP contribution in [0.15, 0.2) is 35.5 Å². The van der Waals surface area contributed by atoms with Crippen molar-refractivity contribution in [3.63, 3.8) is 0 Å². The zero-order valence-electron chi connectivity index (χ0n) is 13.5. The molecule has 0 spiro atoms. The molecule has 0 saturated carbocycles. The van der Waals surface area contributed by atoms with Gasteiger partial charge >= 0.3 is 11.9 Å². The Morgan fingerprint density at radius 3 is 2.27 bits per heavy atom. The highest BCUT2D eigenvalue weighted by Crippen LogP contribution is 2.55. The first-order valence-electron chi connectivity index (χ1n) is 7.46. The highest BCUT2D eigenvalue weighted by atomic mass is 16.6. The Morgan fingerprint density at radius 1 is 1.23 bits per heavy atom. The van der Waals surface area contributed by atoms with Crippen molar-refractivity contribution < 1.29 is 23.8 Å². The molecule has 2 bridgehead atoms. The van der Waals surface area contributed by atoms with E-state index in [-0.39, 0.29) is 24.4 Å². The normalized spacial score (nSPS) is 29.4. The van der Waals surface area contributed by atoms with Crippen molar-refractivity contribution >= 4 is 11.9 Å². The average molecular weight is 306 g/mol. The Bertz CT molecular complexity index is 586. The van der Waals surface area contributed by atoms with Gasteiger partial charge in [-0.05, 0) is 39.3 Å². The minimum Gasteiger partial charge on any atom is -0.463 e. The lowest BCUT2D eigenvalue weighted by atomic mass is 9.77. The number of carbonyl (C=O) groups is 2. The molecule has 0 aromatic rings. The molecule has 2 aliphatic rings. The van der Waals surface area contributed by atoms with Crippen LogP contribution in [0, 0.1) is 0 Å². The van der Waals surface area contributed by atoms with Gasteiger partial charge in [0.25, 0.3) is 0 Å². The van der Waals surface area contributed by atoms with Gasteiger partial charge in [-0.15, -0.1) is 6.58 Å². The van der Waals surface area contributed by atoms with Crippen LogP contribution >= 0.6 is 0 Å². The summed E-state index contributed by atoms with van der Waals surface area (Å²) in [5.74, 6) is -1.08. The van der Waals surface area contributed by atoms with E-state index in [0.717, 1.165) is 5.57 Å². The van der Waals surface area contributed by atoms with E-state index in [9.17, 15) is 9.59 Å². The molecule has 0 amide bonds. The van der Waals surface area contributed by atoms with E-state index in [2.05, 4.69) is 6.58 Å². The molecule has 0 unspecified atom stereocenters. The molecule has 2 heterocycles. The SMILES string of the molecule is C=CC[C@@]12C=C(C)[C@@](C)(O1)C(C(=O)OCC)=C2C(=O)OCC. The second-order valence-corrected chi connectivity index (χ2v) is 5.54. The number of carbonyl (C=O) groups excluding carboxylic acids is 2. The van der Waals surface area contributed by atoms with Crippen LogP contribution in [0.5, 0.6) is 0 Å². The Labute approximate surface area is 130 Å². The van der Waals surface area contributed by atoms with Gasteiger partial charge in [0.1, 0.15) is 11.2 Å². The first kappa shape index (κ1) is 16.5. The molecule has 5 heteroatoms. The Hall–Kier alpha value is -1.88. The molecule has 0 aliphatic carbocycles. The zero-order chi connectivity index (χ0) is 16.5. The quantitative estimate of drug-likeness (QED) is 0.557. The molecule has 0 radical (unpaired) electrons. The fourth-order valence-corrected chi connectivity index (χ4v) is 3.18. The van der Waals surface area contributed by atoms with E-state index < -0.39 is 23.1 Å². The molecule has 2 aliphatic heterocycles. The molecule has 22 heavy (non-hydrogen) atoms. The van der Waals surface area contributed by atoms with Crippen molar-refractivity contribution in [2.24, 2.45) is 0 Å². The van der Waals surface area contributed by atoms with Crippen molar-refractivity contribution in [1.29, 1.82) is 0 Å².